The molecule has 0 saturated carbocycles. The second-order valence-corrected chi connectivity index (χ2v) is 5.89. The quantitative estimate of drug-likeness (QED) is 0.862. The lowest BCUT2D eigenvalue weighted by molar-refractivity contribution is -0.147. The lowest BCUT2D eigenvalue weighted by Gasteiger charge is -2.35. The molecule has 23 heavy (non-hydrogen) atoms. The first-order valence-electron chi connectivity index (χ1n) is 7.74. The molecular weight excluding hydrogens is 316 g/mol. The summed E-state index contributed by atoms with van der Waals surface area (Å²) in [6.45, 7) is 5.59. The average Bonchev–Trinajstić information content (AvgIpc) is 2.55. The van der Waals surface area contributed by atoms with Gasteiger partial charge in [0.1, 0.15) is 11.4 Å². The molecule has 1 atom stereocenters. The Bertz CT molecular complexity index is 531. The van der Waals surface area contributed by atoms with Gasteiger partial charge in [0.2, 0.25) is 0 Å². The van der Waals surface area contributed by atoms with E-state index in [0.717, 1.165) is 30.0 Å². The minimum Gasteiger partial charge on any atom is -0.496 e. The first kappa shape index (κ1) is 19.7. The minimum atomic E-state index is -0.726. The molecule has 1 amide bonds. The van der Waals surface area contributed by atoms with E-state index in [1.165, 1.54) is 0 Å². The van der Waals surface area contributed by atoms with Crippen LogP contribution in [0.3, 0.4) is 0 Å². The Morgan fingerprint density at radius 2 is 1.96 bits per heavy atom. The van der Waals surface area contributed by atoms with Crippen LogP contribution in [-0.4, -0.2) is 38.8 Å². The van der Waals surface area contributed by atoms with Crippen molar-refractivity contribution >= 4 is 18.3 Å². The Morgan fingerprint density at radius 3 is 2.52 bits per heavy atom. The highest BCUT2D eigenvalue weighted by Gasteiger charge is 2.40. The molecule has 0 aliphatic carbocycles. The lowest BCUT2D eigenvalue weighted by atomic mass is 9.90. The number of hydrogen-bond acceptors (Lipinski definition) is 4. The molecule has 2 rings (SSSR count). The van der Waals surface area contributed by atoms with E-state index in [9.17, 15) is 4.79 Å². The number of halogens is 1. The van der Waals surface area contributed by atoms with Crippen LogP contribution in [0.1, 0.15) is 36.9 Å². The van der Waals surface area contributed by atoms with Crippen molar-refractivity contribution in [3.63, 3.8) is 0 Å². The van der Waals surface area contributed by atoms with Gasteiger partial charge in [-0.05, 0) is 45.8 Å². The average molecular weight is 343 g/mol. The first-order valence-corrected chi connectivity index (χ1v) is 7.74. The van der Waals surface area contributed by atoms with Crippen LogP contribution in [0.2, 0.25) is 0 Å². The van der Waals surface area contributed by atoms with E-state index in [1.54, 1.807) is 14.2 Å². The van der Waals surface area contributed by atoms with Crippen molar-refractivity contribution in [3.8, 4) is 5.75 Å². The van der Waals surface area contributed by atoms with Crippen LogP contribution in [-0.2, 0) is 9.53 Å². The summed E-state index contributed by atoms with van der Waals surface area (Å²) in [7, 11) is 3.26. The van der Waals surface area contributed by atoms with Crippen molar-refractivity contribution in [1.29, 1.82) is 0 Å². The first-order chi connectivity index (χ1) is 10.5. The number of rotatable bonds is 5. The molecule has 1 heterocycles. The predicted octanol–water partition coefficient (Wildman–Crippen LogP) is 2.37. The van der Waals surface area contributed by atoms with Crippen LogP contribution in [0.5, 0.6) is 5.75 Å². The third kappa shape index (κ3) is 4.37. The molecule has 1 aliphatic heterocycles. The molecule has 0 spiro atoms. The molecule has 6 heteroatoms. The van der Waals surface area contributed by atoms with Gasteiger partial charge in [0.25, 0.3) is 5.91 Å². The lowest BCUT2D eigenvalue weighted by Crippen LogP contribution is -2.54. The molecule has 5 nitrogen and oxygen atoms in total. The van der Waals surface area contributed by atoms with E-state index in [4.69, 9.17) is 9.47 Å². The molecule has 0 bridgehead atoms. The van der Waals surface area contributed by atoms with Crippen molar-refractivity contribution in [2.45, 2.75) is 38.3 Å². The van der Waals surface area contributed by atoms with E-state index in [1.807, 2.05) is 32.0 Å². The summed E-state index contributed by atoms with van der Waals surface area (Å²) in [6, 6.07) is 5.85. The van der Waals surface area contributed by atoms with E-state index < -0.39 is 5.60 Å². The maximum atomic E-state index is 12.7. The largest absolute Gasteiger partial charge is 0.496 e. The summed E-state index contributed by atoms with van der Waals surface area (Å²) in [6.07, 6.45) is 1.38. The summed E-state index contributed by atoms with van der Waals surface area (Å²) in [5.41, 5.74) is 1.40. The Kier molecular flexibility index (Phi) is 7.32. The predicted molar refractivity (Wildman–Crippen MR) is 93.4 cm³/mol. The number of aryl methyl sites for hydroxylation is 1. The molecule has 0 radical (unpaired) electrons. The van der Waals surface area contributed by atoms with Crippen molar-refractivity contribution < 1.29 is 14.3 Å². The number of nitrogens with one attached hydrogen (secondary N) is 2. The van der Waals surface area contributed by atoms with Crippen LogP contribution in [0.25, 0.3) is 0 Å². The van der Waals surface area contributed by atoms with Gasteiger partial charge in [-0.15, -0.1) is 12.4 Å². The highest BCUT2D eigenvalue weighted by atomic mass is 35.5. The van der Waals surface area contributed by atoms with E-state index in [0.29, 0.717) is 12.8 Å². The summed E-state index contributed by atoms with van der Waals surface area (Å²) in [5, 5.41) is 6.35. The number of piperidine rings is 1. The van der Waals surface area contributed by atoms with Gasteiger partial charge in [0.05, 0.1) is 13.2 Å². The summed E-state index contributed by atoms with van der Waals surface area (Å²) in [5.74, 6) is 0.739. The SMILES string of the molecule is COc1ccc(C)cc1C(C)NC(=O)C1(OC)CCNCC1.Cl. The van der Waals surface area contributed by atoms with E-state index >= 15 is 0 Å². The molecule has 1 fully saturated rings. The van der Waals surface area contributed by atoms with Gasteiger partial charge in [0.15, 0.2) is 0 Å². The maximum absolute atomic E-state index is 12.7. The molecular formula is C17H27ClN2O3. The standard InChI is InChI=1S/C17H26N2O3.ClH/c1-12-5-6-15(21-3)14(11-12)13(2)19-16(20)17(22-4)7-9-18-10-8-17;/h5-6,11,13,18H,7-10H2,1-4H3,(H,19,20);1H. The van der Waals surface area contributed by atoms with Crippen molar-refractivity contribution in [2.24, 2.45) is 0 Å². The molecule has 2 N–H and O–H groups in total. The summed E-state index contributed by atoms with van der Waals surface area (Å²) < 4.78 is 11.0. The number of ether oxygens (including phenoxy) is 2. The van der Waals surface area contributed by atoms with E-state index in [-0.39, 0.29) is 24.4 Å². The third-order valence-electron chi connectivity index (χ3n) is 4.42. The van der Waals surface area contributed by atoms with Gasteiger partial charge < -0.3 is 20.1 Å². The number of benzene rings is 1. The Hall–Kier alpha value is -1.30. The smallest absolute Gasteiger partial charge is 0.252 e. The zero-order chi connectivity index (χ0) is 16.2. The van der Waals surface area contributed by atoms with E-state index in [2.05, 4.69) is 10.6 Å². The fourth-order valence-electron chi connectivity index (χ4n) is 2.95. The molecule has 1 aliphatic rings. The Balaban J connectivity index is 0.00000264. The van der Waals surface area contributed by atoms with Gasteiger partial charge >= 0.3 is 0 Å². The van der Waals surface area contributed by atoms with Gasteiger partial charge in [-0.1, -0.05) is 17.7 Å². The normalized spacial score (nSPS) is 17.7. The third-order valence-corrected chi connectivity index (χ3v) is 4.42. The Labute approximate surface area is 144 Å². The number of hydrogen-bond donors (Lipinski definition) is 2. The van der Waals surface area contributed by atoms with Crippen LogP contribution in [0.15, 0.2) is 18.2 Å². The number of amides is 1. The topological polar surface area (TPSA) is 59.6 Å². The zero-order valence-electron chi connectivity index (χ0n) is 14.3. The van der Waals surface area contributed by atoms with Crippen molar-refractivity contribution in [2.75, 3.05) is 27.3 Å². The molecule has 1 aromatic rings. The van der Waals surface area contributed by atoms with Gasteiger partial charge in [-0.2, -0.15) is 0 Å². The van der Waals surface area contributed by atoms with Crippen LogP contribution < -0.4 is 15.4 Å². The zero-order valence-corrected chi connectivity index (χ0v) is 15.1. The number of carbonyl (C=O) groups is 1. The van der Waals surface area contributed by atoms with Crippen LogP contribution >= 0.6 is 12.4 Å². The van der Waals surface area contributed by atoms with Crippen LogP contribution in [0.4, 0.5) is 0 Å². The highest BCUT2D eigenvalue weighted by molar-refractivity contribution is 5.86. The van der Waals surface area contributed by atoms with Gasteiger partial charge in [0, 0.05) is 12.7 Å². The molecule has 1 saturated heterocycles. The minimum absolute atomic E-state index is 0. The molecule has 1 aromatic carbocycles. The molecule has 1 unspecified atom stereocenters. The second-order valence-electron chi connectivity index (χ2n) is 5.89. The molecule has 0 aromatic heterocycles. The van der Waals surface area contributed by atoms with Crippen LogP contribution in [0, 0.1) is 6.92 Å². The highest BCUT2D eigenvalue weighted by Crippen LogP contribution is 2.28. The molecule has 130 valence electrons. The maximum Gasteiger partial charge on any atom is 0.252 e. The van der Waals surface area contributed by atoms with Crippen molar-refractivity contribution in [1.82, 2.24) is 10.6 Å². The second kappa shape index (κ2) is 8.52. The summed E-state index contributed by atoms with van der Waals surface area (Å²) in [4.78, 5) is 12.7. The monoisotopic (exact) mass is 342 g/mol. The van der Waals surface area contributed by atoms with Gasteiger partial charge in [-0.25, -0.2) is 0 Å². The fraction of sp³-hybridized carbons (Fsp3) is 0.588. The Morgan fingerprint density at radius 1 is 1.30 bits per heavy atom. The summed E-state index contributed by atoms with van der Waals surface area (Å²) >= 11 is 0. The van der Waals surface area contributed by atoms with Crippen molar-refractivity contribution in [3.05, 3.63) is 29.3 Å². The fourth-order valence-corrected chi connectivity index (χ4v) is 2.95. The number of carbonyl (C=O) groups excluding carboxylic acids is 1. The number of methoxy groups -OCH3 is 2. The van der Waals surface area contributed by atoms with Gasteiger partial charge in [-0.3, -0.25) is 4.79 Å².